The molecule has 1 atom stereocenters. The van der Waals surface area contributed by atoms with Crippen molar-refractivity contribution in [1.29, 1.82) is 0 Å². The monoisotopic (exact) mass is 411 g/mol. The normalized spacial score (nSPS) is 15.5. The molecular weight excluding hydrogens is 386 g/mol. The van der Waals surface area contributed by atoms with Gasteiger partial charge >= 0.3 is 0 Å². The maximum atomic E-state index is 13.1. The van der Waals surface area contributed by atoms with Crippen molar-refractivity contribution in [2.45, 2.75) is 33.2 Å². The van der Waals surface area contributed by atoms with Gasteiger partial charge in [0.25, 0.3) is 5.91 Å². The molecule has 8 heteroatoms. The summed E-state index contributed by atoms with van der Waals surface area (Å²) in [5.41, 5.74) is 2.50. The number of pyridine rings is 1. The predicted octanol–water partition coefficient (Wildman–Crippen LogP) is 3.42. The summed E-state index contributed by atoms with van der Waals surface area (Å²) in [6.07, 6.45) is 0.798. The lowest BCUT2D eigenvalue weighted by molar-refractivity contribution is 0.0926. The number of thiophene rings is 1. The van der Waals surface area contributed by atoms with Gasteiger partial charge in [0.05, 0.1) is 24.6 Å². The van der Waals surface area contributed by atoms with Gasteiger partial charge in [0, 0.05) is 23.7 Å². The Balaban J connectivity index is 1.75. The van der Waals surface area contributed by atoms with E-state index in [-0.39, 0.29) is 17.8 Å². The molecule has 0 aromatic carbocycles. The van der Waals surface area contributed by atoms with Crippen molar-refractivity contribution in [3.05, 3.63) is 45.5 Å². The minimum atomic E-state index is -0.275. The smallest absolute Gasteiger partial charge is 0.289 e. The molecule has 0 saturated carbocycles. The van der Waals surface area contributed by atoms with Crippen molar-refractivity contribution in [1.82, 2.24) is 20.3 Å². The summed E-state index contributed by atoms with van der Waals surface area (Å²) in [5, 5.41) is 6.00. The lowest BCUT2D eigenvalue weighted by Crippen LogP contribution is -2.38. The molecule has 0 spiro atoms. The highest BCUT2D eigenvalue weighted by Crippen LogP contribution is 2.28. The first-order valence-corrected chi connectivity index (χ1v) is 10.8. The standard InChI is InChI=1S/C21H25N5O2S/c1-4-15(16-6-5-11-29-16)23-21(27)19-24-18-17(13(2)12-14(3)22-18)20(25-19)26-7-9-28-10-8-26/h5-6,11-12,15H,4,7-10H2,1-3H3,(H,23,27). The van der Waals surface area contributed by atoms with Crippen LogP contribution in [0.3, 0.4) is 0 Å². The summed E-state index contributed by atoms with van der Waals surface area (Å²) < 4.78 is 5.49. The number of carbonyl (C=O) groups is 1. The molecule has 1 unspecified atom stereocenters. The van der Waals surface area contributed by atoms with E-state index < -0.39 is 0 Å². The Bertz CT molecular complexity index is 1020. The number of fused-ring (bicyclic) bond motifs is 1. The molecular formula is C21H25N5O2S. The third kappa shape index (κ3) is 4.09. The van der Waals surface area contributed by atoms with Gasteiger partial charge in [-0.1, -0.05) is 13.0 Å². The van der Waals surface area contributed by atoms with E-state index in [0.717, 1.165) is 46.8 Å². The van der Waals surface area contributed by atoms with Crippen LogP contribution in [-0.2, 0) is 4.74 Å². The number of hydrogen-bond acceptors (Lipinski definition) is 7. The molecule has 3 aromatic heterocycles. The van der Waals surface area contributed by atoms with Crippen LogP contribution in [0.2, 0.25) is 0 Å². The molecule has 3 aromatic rings. The predicted molar refractivity (Wildman–Crippen MR) is 115 cm³/mol. The number of hydrogen-bond donors (Lipinski definition) is 1. The van der Waals surface area contributed by atoms with E-state index in [0.29, 0.717) is 18.9 Å². The zero-order valence-electron chi connectivity index (χ0n) is 16.9. The molecule has 4 heterocycles. The molecule has 29 heavy (non-hydrogen) atoms. The fourth-order valence-corrected chi connectivity index (χ4v) is 4.51. The minimum absolute atomic E-state index is 0.0548. The van der Waals surface area contributed by atoms with Gasteiger partial charge in [-0.2, -0.15) is 0 Å². The molecule has 1 N–H and O–H groups in total. The fourth-order valence-electron chi connectivity index (χ4n) is 3.65. The average molecular weight is 412 g/mol. The maximum Gasteiger partial charge on any atom is 0.289 e. The van der Waals surface area contributed by atoms with E-state index in [4.69, 9.17) is 9.72 Å². The molecule has 4 rings (SSSR count). The highest BCUT2D eigenvalue weighted by molar-refractivity contribution is 7.10. The van der Waals surface area contributed by atoms with E-state index in [1.54, 1.807) is 11.3 Å². The summed E-state index contributed by atoms with van der Waals surface area (Å²) in [6.45, 7) is 8.77. The Labute approximate surface area is 174 Å². The second-order valence-corrected chi connectivity index (χ2v) is 8.18. The van der Waals surface area contributed by atoms with Crippen LogP contribution in [0.4, 0.5) is 5.82 Å². The van der Waals surface area contributed by atoms with Crippen molar-refractivity contribution >= 4 is 34.1 Å². The number of rotatable bonds is 5. The van der Waals surface area contributed by atoms with Crippen LogP contribution in [-0.4, -0.2) is 47.2 Å². The Kier molecular flexibility index (Phi) is 5.73. The Morgan fingerprint density at radius 3 is 2.76 bits per heavy atom. The van der Waals surface area contributed by atoms with Crippen LogP contribution in [0.25, 0.3) is 11.0 Å². The lowest BCUT2D eigenvalue weighted by Gasteiger charge is -2.29. The summed E-state index contributed by atoms with van der Waals surface area (Å²) >= 11 is 1.64. The van der Waals surface area contributed by atoms with Crippen LogP contribution in [0.1, 0.15) is 46.1 Å². The first kappa shape index (κ1) is 19.7. The van der Waals surface area contributed by atoms with Crippen LogP contribution in [0.15, 0.2) is 23.6 Å². The fraction of sp³-hybridized carbons (Fsp3) is 0.429. The summed E-state index contributed by atoms with van der Waals surface area (Å²) in [6, 6.07) is 6.00. The van der Waals surface area contributed by atoms with E-state index in [1.165, 1.54) is 0 Å². The van der Waals surface area contributed by atoms with E-state index >= 15 is 0 Å². The lowest BCUT2D eigenvalue weighted by atomic mass is 10.1. The quantitative estimate of drug-likeness (QED) is 0.693. The molecule has 0 bridgehead atoms. The van der Waals surface area contributed by atoms with Gasteiger partial charge in [0.1, 0.15) is 5.82 Å². The zero-order valence-corrected chi connectivity index (χ0v) is 17.8. The SMILES string of the molecule is CCC(NC(=O)c1nc(N2CCOCC2)c2c(C)cc(C)nc2n1)c1cccs1. The number of nitrogens with one attached hydrogen (secondary N) is 1. The van der Waals surface area contributed by atoms with E-state index in [1.807, 2.05) is 37.4 Å². The van der Waals surface area contributed by atoms with E-state index in [9.17, 15) is 4.79 Å². The number of carbonyl (C=O) groups excluding carboxylic acids is 1. The van der Waals surface area contributed by atoms with Gasteiger partial charge in [-0.25, -0.2) is 15.0 Å². The number of morpholine rings is 1. The third-order valence-corrected chi connectivity index (χ3v) is 6.07. The van der Waals surface area contributed by atoms with Gasteiger partial charge in [0.15, 0.2) is 5.65 Å². The van der Waals surface area contributed by atoms with Gasteiger partial charge in [-0.05, 0) is 43.3 Å². The first-order chi connectivity index (χ1) is 14.1. The van der Waals surface area contributed by atoms with Crippen molar-refractivity contribution in [2.24, 2.45) is 0 Å². The Hall–Kier alpha value is -2.58. The van der Waals surface area contributed by atoms with Crippen molar-refractivity contribution in [3.63, 3.8) is 0 Å². The zero-order chi connectivity index (χ0) is 20.4. The summed E-state index contributed by atoms with van der Waals surface area (Å²) in [7, 11) is 0. The molecule has 152 valence electrons. The van der Waals surface area contributed by atoms with Crippen molar-refractivity contribution in [2.75, 3.05) is 31.2 Å². The van der Waals surface area contributed by atoms with Gasteiger partial charge in [-0.15, -0.1) is 11.3 Å². The highest BCUT2D eigenvalue weighted by atomic mass is 32.1. The molecule has 1 aliphatic rings. The van der Waals surface area contributed by atoms with Crippen LogP contribution < -0.4 is 10.2 Å². The number of ether oxygens (including phenoxy) is 1. The Morgan fingerprint density at radius 2 is 2.07 bits per heavy atom. The van der Waals surface area contributed by atoms with Crippen LogP contribution >= 0.6 is 11.3 Å². The Morgan fingerprint density at radius 1 is 1.28 bits per heavy atom. The molecule has 1 saturated heterocycles. The number of amides is 1. The number of nitrogens with zero attached hydrogens (tertiary/aromatic N) is 4. The van der Waals surface area contributed by atoms with Crippen molar-refractivity contribution in [3.8, 4) is 0 Å². The summed E-state index contributed by atoms with van der Waals surface area (Å²) in [5.74, 6) is 0.645. The highest BCUT2D eigenvalue weighted by Gasteiger charge is 2.23. The molecule has 1 aliphatic heterocycles. The molecule has 0 aliphatic carbocycles. The summed E-state index contributed by atoms with van der Waals surface area (Å²) in [4.78, 5) is 30.2. The second-order valence-electron chi connectivity index (χ2n) is 7.20. The van der Waals surface area contributed by atoms with Crippen molar-refractivity contribution < 1.29 is 9.53 Å². The molecule has 7 nitrogen and oxygen atoms in total. The van der Waals surface area contributed by atoms with Crippen LogP contribution in [0, 0.1) is 13.8 Å². The van der Waals surface area contributed by atoms with Gasteiger partial charge < -0.3 is 15.0 Å². The number of aromatic nitrogens is 3. The first-order valence-electron chi connectivity index (χ1n) is 9.89. The third-order valence-electron chi connectivity index (χ3n) is 5.09. The minimum Gasteiger partial charge on any atom is -0.378 e. The average Bonchev–Trinajstić information content (AvgIpc) is 3.26. The topological polar surface area (TPSA) is 80.2 Å². The molecule has 1 amide bonds. The van der Waals surface area contributed by atoms with Gasteiger partial charge in [0.2, 0.25) is 5.82 Å². The second kappa shape index (κ2) is 8.42. The van der Waals surface area contributed by atoms with E-state index in [2.05, 4.69) is 27.1 Å². The molecule has 0 radical (unpaired) electrons. The molecule has 1 fully saturated rings. The largest absolute Gasteiger partial charge is 0.378 e. The van der Waals surface area contributed by atoms with Gasteiger partial charge in [-0.3, -0.25) is 4.79 Å². The maximum absolute atomic E-state index is 13.1. The number of aryl methyl sites for hydroxylation is 2. The number of anilines is 1. The van der Waals surface area contributed by atoms with Crippen LogP contribution in [0.5, 0.6) is 0 Å².